The molecular formula is C19H16ClF2N5O3S2. The summed E-state index contributed by atoms with van der Waals surface area (Å²) >= 11 is 6.94. The van der Waals surface area contributed by atoms with Crippen molar-refractivity contribution in [1.29, 1.82) is 0 Å². The Kier molecular flexibility index (Phi) is 6.23. The van der Waals surface area contributed by atoms with Gasteiger partial charge in [0.05, 0.1) is 27.8 Å². The molecule has 0 saturated carbocycles. The van der Waals surface area contributed by atoms with Gasteiger partial charge in [0.2, 0.25) is 5.91 Å². The van der Waals surface area contributed by atoms with Crippen molar-refractivity contribution in [3.8, 4) is 10.6 Å². The minimum atomic E-state index is -3.98. The van der Waals surface area contributed by atoms with Crippen molar-refractivity contribution in [3.05, 3.63) is 64.4 Å². The first kappa shape index (κ1) is 22.7. The van der Waals surface area contributed by atoms with Gasteiger partial charge in [0.25, 0.3) is 10.2 Å². The first-order chi connectivity index (χ1) is 15.1. The molecule has 0 aliphatic carbocycles. The van der Waals surface area contributed by atoms with Crippen LogP contribution in [-0.4, -0.2) is 41.7 Å². The van der Waals surface area contributed by atoms with Crippen LogP contribution in [-0.2, 0) is 15.0 Å². The normalized spacial score (nSPS) is 20.8. The fourth-order valence-corrected chi connectivity index (χ4v) is 5.63. The molecule has 0 bridgehead atoms. The van der Waals surface area contributed by atoms with E-state index in [2.05, 4.69) is 20.0 Å². The Labute approximate surface area is 191 Å². The molecule has 1 aliphatic heterocycles. The average molecular weight is 500 g/mol. The van der Waals surface area contributed by atoms with Crippen LogP contribution in [0.2, 0.25) is 5.02 Å². The molecule has 32 heavy (non-hydrogen) atoms. The minimum absolute atomic E-state index is 0.0975. The van der Waals surface area contributed by atoms with E-state index in [9.17, 15) is 22.0 Å². The van der Waals surface area contributed by atoms with E-state index in [0.29, 0.717) is 15.6 Å². The molecule has 0 radical (unpaired) electrons. The Morgan fingerprint density at radius 2 is 2.03 bits per heavy atom. The van der Waals surface area contributed by atoms with Crippen LogP contribution in [0.15, 0.2) is 42.7 Å². The summed E-state index contributed by atoms with van der Waals surface area (Å²) in [6.45, 7) is 0. The second-order valence-corrected chi connectivity index (χ2v) is 10.2. The molecule has 168 valence electrons. The van der Waals surface area contributed by atoms with Gasteiger partial charge < -0.3 is 5.32 Å². The number of hydrogen-bond donors (Lipinski definition) is 2. The number of carbonyl (C=O) groups excluding carboxylic acids is 1. The van der Waals surface area contributed by atoms with Gasteiger partial charge in [-0.25, -0.2) is 13.8 Å². The number of pyridine rings is 1. The van der Waals surface area contributed by atoms with Gasteiger partial charge in [-0.05, 0) is 36.8 Å². The number of halogens is 3. The molecule has 13 heteroatoms. The molecule has 0 spiro atoms. The predicted octanol–water partition coefficient (Wildman–Crippen LogP) is 3.36. The molecule has 1 aromatic carbocycles. The summed E-state index contributed by atoms with van der Waals surface area (Å²) < 4.78 is 55.2. The van der Waals surface area contributed by atoms with Crippen molar-refractivity contribution in [1.82, 2.24) is 19.0 Å². The van der Waals surface area contributed by atoms with Gasteiger partial charge in [-0.15, -0.1) is 11.3 Å². The quantitative estimate of drug-likeness (QED) is 0.573. The van der Waals surface area contributed by atoms with Crippen molar-refractivity contribution in [2.75, 3.05) is 12.4 Å². The number of likely N-dealkylation sites (N-methyl/N-ethyl adjacent to an activating group) is 1. The largest absolute Gasteiger partial charge is 0.325 e. The number of benzene rings is 1. The van der Waals surface area contributed by atoms with Crippen molar-refractivity contribution < 1.29 is 22.0 Å². The highest BCUT2D eigenvalue weighted by atomic mass is 35.5. The van der Waals surface area contributed by atoms with E-state index in [-0.39, 0.29) is 17.1 Å². The first-order valence-electron chi connectivity index (χ1n) is 9.23. The fourth-order valence-electron chi connectivity index (χ4n) is 3.16. The summed E-state index contributed by atoms with van der Waals surface area (Å²) in [6.07, 6.45) is 2.69. The molecule has 1 amide bonds. The van der Waals surface area contributed by atoms with E-state index < -0.39 is 39.8 Å². The van der Waals surface area contributed by atoms with Gasteiger partial charge in [0, 0.05) is 18.9 Å². The molecule has 1 fully saturated rings. The van der Waals surface area contributed by atoms with Crippen LogP contribution in [0.3, 0.4) is 0 Å². The summed E-state index contributed by atoms with van der Waals surface area (Å²) in [4.78, 5) is 21.8. The predicted molar refractivity (Wildman–Crippen MR) is 116 cm³/mol. The minimum Gasteiger partial charge on any atom is -0.325 e. The van der Waals surface area contributed by atoms with Crippen LogP contribution >= 0.6 is 22.9 Å². The lowest BCUT2D eigenvalue weighted by Crippen LogP contribution is -2.55. The number of hydrogen-bond acceptors (Lipinski definition) is 6. The zero-order chi connectivity index (χ0) is 23.0. The third-order valence-electron chi connectivity index (χ3n) is 4.86. The molecule has 4 rings (SSSR count). The second-order valence-electron chi connectivity index (χ2n) is 6.99. The zero-order valence-corrected chi connectivity index (χ0v) is 18.8. The number of carbonyl (C=O) groups is 1. The maximum absolute atomic E-state index is 13.4. The molecular weight excluding hydrogens is 484 g/mol. The summed E-state index contributed by atoms with van der Waals surface area (Å²) in [7, 11) is -2.70. The highest BCUT2D eigenvalue weighted by molar-refractivity contribution is 7.87. The molecule has 1 saturated heterocycles. The van der Waals surface area contributed by atoms with Gasteiger partial charge in [-0.1, -0.05) is 11.6 Å². The monoisotopic (exact) mass is 499 g/mol. The van der Waals surface area contributed by atoms with Crippen molar-refractivity contribution in [2.45, 2.75) is 18.5 Å². The molecule has 8 nitrogen and oxygen atoms in total. The standard InChI is InChI=1S/C19H16ClF2N5O3S2/c1-27-16(18(28)25-11-3-4-13(22)12(20)6-11)7-15(26-32(27,29)30)19-24-9-17(31-19)14-5-2-10(21)8-23-14/h2-6,8-9,15-16,26H,7H2,1H3,(H,25,28). The maximum atomic E-state index is 13.4. The highest BCUT2D eigenvalue weighted by Gasteiger charge is 2.41. The lowest BCUT2D eigenvalue weighted by Gasteiger charge is -2.35. The smallest absolute Gasteiger partial charge is 0.280 e. The number of nitrogens with one attached hydrogen (secondary N) is 2. The van der Waals surface area contributed by atoms with Crippen LogP contribution in [0.5, 0.6) is 0 Å². The number of anilines is 1. The first-order valence-corrected chi connectivity index (χ1v) is 11.9. The van der Waals surface area contributed by atoms with Crippen molar-refractivity contribution >= 4 is 44.7 Å². The summed E-state index contributed by atoms with van der Waals surface area (Å²) in [5, 5.41) is 2.84. The van der Waals surface area contributed by atoms with Crippen molar-refractivity contribution in [3.63, 3.8) is 0 Å². The average Bonchev–Trinajstić information content (AvgIpc) is 3.23. The van der Waals surface area contributed by atoms with Gasteiger partial charge in [0.15, 0.2) is 0 Å². The fraction of sp³-hybridized carbons (Fsp3) is 0.211. The third-order valence-corrected chi connectivity index (χ3v) is 7.88. The van der Waals surface area contributed by atoms with E-state index in [1.165, 1.54) is 48.8 Å². The lowest BCUT2D eigenvalue weighted by molar-refractivity contribution is -0.120. The molecule has 3 aromatic rings. The Balaban J connectivity index is 1.56. The number of nitrogens with zero attached hydrogens (tertiary/aromatic N) is 3. The van der Waals surface area contributed by atoms with Crippen LogP contribution in [0.25, 0.3) is 10.6 Å². The van der Waals surface area contributed by atoms with Gasteiger partial charge in [-0.2, -0.15) is 17.4 Å². The van der Waals surface area contributed by atoms with E-state index in [1.54, 1.807) is 0 Å². The number of thiazole rings is 1. The Morgan fingerprint density at radius 3 is 2.72 bits per heavy atom. The van der Waals surface area contributed by atoms with Crippen LogP contribution in [0.1, 0.15) is 17.5 Å². The Bertz CT molecular complexity index is 1270. The molecule has 2 atom stereocenters. The highest BCUT2D eigenvalue weighted by Crippen LogP contribution is 2.34. The zero-order valence-electron chi connectivity index (χ0n) is 16.4. The van der Waals surface area contributed by atoms with Crippen LogP contribution in [0, 0.1) is 11.6 Å². The summed E-state index contributed by atoms with van der Waals surface area (Å²) in [6, 6.07) is 4.62. The van der Waals surface area contributed by atoms with Crippen molar-refractivity contribution in [2.24, 2.45) is 0 Å². The van der Waals surface area contributed by atoms with Crippen LogP contribution < -0.4 is 10.0 Å². The number of rotatable bonds is 4. The topological polar surface area (TPSA) is 104 Å². The summed E-state index contributed by atoms with van der Waals surface area (Å²) in [5.74, 6) is -1.71. The SMILES string of the molecule is CN1C(C(=O)Nc2ccc(F)c(Cl)c2)CC(c2ncc(-c3ccc(F)cn3)s2)NS1(=O)=O. The second kappa shape index (κ2) is 8.79. The number of amides is 1. The molecule has 3 heterocycles. The Morgan fingerprint density at radius 1 is 1.25 bits per heavy atom. The van der Waals surface area contributed by atoms with Gasteiger partial charge in [-0.3, -0.25) is 9.78 Å². The third kappa shape index (κ3) is 4.64. The van der Waals surface area contributed by atoms with E-state index >= 15 is 0 Å². The molecule has 1 aliphatic rings. The van der Waals surface area contributed by atoms with E-state index in [1.807, 2.05) is 0 Å². The maximum Gasteiger partial charge on any atom is 0.280 e. The van der Waals surface area contributed by atoms with Gasteiger partial charge >= 0.3 is 0 Å². The van der Waals surface area contributed by atoms with Crippen LogP contribution in [0.4, 0.5) is 14.5 Å². The molecule has 2 N–H and O–H groups in total. The molecule has 2 unspecified atom stereocenters. The Hall–Kier alpha value is -2.51. The van der Waals surface area contributed by atoms with Gasteiger partial charge in [0.1, 0.15) is 22.7 Å². The lowest BCUT2D eigenvalue weighted by atomic mass is 10.1. The molecule has 2 aromatic heterocycles. The summed E-state index contributed by atoms with van der Waals surface area (Å²) in [5.41, 5.74) is 0.731. The van der Waals surface area contributed by atoms with E-state index in [0.717, 1.165) is 16.6 Å². The van der Waals surface area contributed by atoms with E-state index in [4.69, 9.17) is 11.6 Å². The number of aromatic nitrogens is 2.